The summed E-state index contributed by atoms with van der Waals surface area (Å²) in [5, 5.41) is 7.44. The van der Waals surface area contributed by atoms with Gasteiger partial charge in [0, 0.05) is 24.0 Å². The number of hydrogen-bond donors (Lipinski definition) is 1. The molecule has 4 aromatic rings. The molecule has 4 rings (SSSR count). The Morgan fingerprint density at radius 2 is 1.84 bits per heavy atom. The molecule has 0 fully saturated rings. The molecular weight excluding hydrogens is 388 g/mol. The van der Waals surface area contributed by atoms with E-state index in [2.05, 4.69) is 15.4 Å². The summed E-state index contributed by atoms with van der Waals surface area (Å²) in [7, 11) is 0. The van der Waals surface area contributed by atoms with Crippen LogP contribution in [0.4, 0.5) is 0 Å². The van der Waals surface area contributed by atoms with Crippen LogP contribution >= 0.6 is 0 Å². The molecule has 0 saturated heterocycles. The maximum absolute atomic E-state index is 12.6. The molecule has 0 unspecified atom stereocenters. The molecular formula is C25H24N4O2. The lowest BCUT2D eigenvalue weighted by Gasteiger charge is -2.10. The zero-order chi connectivity index (χ0) is 21.6. The van der Waals surface area contributed by atoms with Gasteiger partial charge in [-0.3, -0.25) is 9.78 Å². The first kappa shape index (κ1) is 20.3. The van der Waals surface area contributed by atoms with E-state index in [1.807, 2.05) is 91.3 Å². The van der Waals surface area contributed by atoms with Crippen LogP contribution in [0.15, 0.2) is 79.0 Å². The number of aromatic nitrogens is 3. The van der Waals surface area contributed by atoms with E-state index in [1.165, 1.54) is 0 Å². The van der Waals surface area contributed by atoms with Crippen molar-refractivity contribution in [2.75, 3.05) is 0 Å². The number of rotatable bonds is 7. The highest BCUT2D eigenvalue weighted by molar-refractivity contribution is 5.94. The highest BCUT2D eigenvalue weighted by atomic mass is 16.5. The van der Waals surface area contributed by atoms with Crippen LogP contribution in [0.2, 0.25) is 0 Å². The Morgan fingerprint density at radius 1 is 1.00 bits per heavy atom. The van der Waals surface area contributed by atoms with Crippen LogP contribution in [0.3, 0.4) is 0 Å². The average Bonchev–Trinajstić information content (AvgIpc) is 3.15. The van der Waals surface area contributed by atoms with Crippen molar-refractivity contribution in [1.29, 1.82) is 0 Å². The number of carbonyl (C=O) groups excluding carboxylic acids is 1. The Kier molecular flexibility index (Phi) is 6.08. The molecule has 0 aliphatic carbocycles. The fourth-order valence-electron chi connectivity index (χ4n) is 3.31. The quantitative estimate of drug-likeness (QED) is 0.489. The summed E-state index contributed by atoms with van der Waals surface area (Å²) in [6.07, 6.45) is 1.74. The number of nitrogens with one attached hydrogen (secondary N) is 1. The molecule has 1 N–H and O–H groups in total. The third-order valence-electron chi connectivity index (χ3n) is 4.85. The lowest BCUT2D eigenvalue weighted by molar-refractivity contribution is 0.0951. The molecule has 0 radical (unpaired) electrons. The van der Waals surface area contributed by atoms with Gasteiger partial charge in [0.15, 0.2) is 0 Å². The smallest absolute Gasteiger partial charge is 0.251 e. The Morgan fingerprint density at radius 3 is 2.55 bits per heavy atom. The largest absolute Gasteiger partial charge is 0.487 e. The second kappa shape index (κ2) is 9.26. The minimum absolute atomic E-state index is 0.125. The number of pyridine rings is 1. The number of nitrogens with zero attached hydrogens (tertiary/aromatic N) is 3. The van der Waals surface area contributed by atoms with Crippen molar-refractivity contribution in [3.8, 4) is 11.4 Å². The molecule has 0 aliphatic heterocycles. The fourth-order valence-corrected chi connectivity index (χ4v) is 3.31. The molecule has 2 heterocycles. The zero-order valence-electron chi connectivity index (χ0n) is 17.6. The van der Waals surface area contributed by atoms with Crippen molar-refractivity contribution in [1.82, 2.24) is 20.1 Å². The molecule has 0 aliphatic rings. The average molecular weight is 412 g/mol. The van der Waals surface area contributed by atoms with Crippen LogP contribution in [0.1, 0.15) is 33.0 Å². The van der Waals surface area contributed by atoms with Crippen LogP contribution < -0.4 is 10.1 Å². The third kappa shape index (κ3) is 5.17. The van der Waals surface area contributed by atoms with Gasteiger partial charge in [0.1, 0.15) is 12.4 Å². The minimum atomic E-state index is -0.125. The van der Waals surface area contributed by atoms with Crippen LogP contribution in [-0.2, 0) is 13.2 Å². The summed E-state index contributed by atoms with van der Waals surface area (Å²) < 4.78 is 7.68. The van der Waals surface area contributed by atoms with E-state index in [-0.39, 0.29) is 5.91 Å². The first-order valence-corrected chi connectivity index (χ1v) is 10.1. The van der Waals surface area contributed by atoms with Crippen LogP contribution in [0.25, 0.3) is 5.69 Å². The predicted octanol–water partition coefficient (Wildman–Crippen LogP) is 4.39. The molecule has 6 heteroatoms. The van der Waals surface area contributed by atoms with E-state index >= 15 is 0 Å². The van der Waals surface area contributed by atoms with Gasteiger partial charge in [-0.25, -0.2) is 4.68 Å². The van der Waals surface area contributed by atoms with Gasteiger partial charge >= 0.3 is 0 Å². The molecule has 2 aromatic carbocycles. The molecule has 156 valence electrons. The van der Waals surface area contributed by atoms with Crippen LogP contribution in [-0.4, -0.2) is 20.7 Å². The summed E-state index contributed by atoms with van der Waals surface area (Å²) in [6, 6.07) is 22.9. The van der Waals surface area contributed by atoms with Crippen LogP contribution in [0.5, 0.6) is 5.75 Å². The zero-order valence-corrected chi connectivity index (χ0v) is 17.6. The summed E-state index contributed by atoms with van der Waals surface area (Å²) in [5.41, 5.74) is 5.38. The van der Waals surface area contributed by atoms with E-state index in [1.54, 1.807) is 6.20 Å². The van der Waals surface area contributed by atoms with Gasteiger partial charge in [0.2, 0.25) is 0 Å². The summed E-state index contributed by atoms with van der Waals surface area (Å²) >= 11 is 0. The predicted molar refractivity (Wildman–Crippen MR) is 119 cm³/mol. The van der Waals surface area contributed by atoms with E-state index in [0.29, 0.717) is 18.7 Å². The first-order chi connectivity index (χ1) is 15.1. The van der Waals surface area contributed by atoms with Gasteiger partial charge in [-0.1, -0.05) is 18.2 Å². The van der Waals surface area contributed by atoms with Crippen molar-refractivity contribution < 1.29 is 9.53 Å². The second-order valence-corrected chi connectivity index (χ2v) is 7.33. The maximum Gasteiger partial charge on any atom is 0.251 e. The Bertz CT molecular complexity index is 1170. The molecule has 0 bridgehead atoms. The van der Waals surface area contributed by atoms with Gasteiger partial charge in [-0.15, -0.1) is 0 Å². The number of hydrogen-bond acceptors (Lipinski definition) is 4. The lowest BCUT2D eigenvalue weighted by Crippen LogP contribution is -2.22. The maximum atomic E-state index is 12.6. The topological polar surface area (TPSA) is 69.0 Å². The van der Waals surface area contributed by atoms with Crippen molar-refractivity contribution in [3.05, 3.63) is 107 Å². The second-order valence-electron chi connectivity index (χ2n) is 7.33. The van der Waals surface area contributed by atoms with Gasteiger partial charge in [0.05, 0.1) is 17.1 Å². The number of carbonyl (C=O) groups is 1. The normalized spacial score (nSPS) is 10.6. The monoisotopic (exact) mass is 412 g/mol. The van der Waals surface area contributed by atoms with Gasteiger partial charge in [0.25, 0.3) is 5.91 Å². The third-order valence-corrected chi connectivity index (χ3v) is 4.85. The fraction of sp³-hybridized carbons (Fsp3) is 0.160. The Labute approximate surface area is 181 Å². The highest BCUT2D eigenvalue weighted by Gasteiger charge is 2.08. The van der Waals surface area contributed by atoms with Gasteiger partial charge < -0.3 is 10.1 Å². The SMILES string of the molecule is Cc1cc(C)n(-c2ccc(C(=O)NCc3cccc(OCc4ccccn4)c3)cc2)n1. The standard InChI is InChI=1S/C25H24N4O2/c1-18-14-19(2)29(28-18)23-11-9-21(10-12-23)25(30)27-16-20-6-5-8-24(15-20)31-17-22-7-3-4-13-26-22/h3-15H,16-17H2,1-2H3,(H,27,30). The van der Waals surface area contributed by atoms with Crippen LogP contribution in [0, 0.1) is 13.8 Å². The summed E-state index contributed by atoms with van der Waals surface area (Å²) in [4.78, 5) is 16.8. The van der Waals surface area contributed by atoms with E-state index in [9.17, 15) is 4.79 Å². The number of ether oxygens (including phenoxy) is 1. The van der Waals surface area contributed by atoms with E-state index in [0.717, 1.165) is 34.1 Å². The summed E-state index contributed by atoms with van der Waals surface area (Å²) in [6.45, 7) is 4.79. The number of amides is 1. The number of aryl methyl sites for hydroxylation is 2. The van der Waals surface area contributed by atoms with E-state index < -0.39 is 0 Å². The lowest BCUT2D eigenvalue weighted by atomic mass is 10.1. The van der Waals surface area contributed by atoms with Crippen molar-refractivity contribution in [3.63, 3.8) is 0 Å². The Hall–Kier alpha value is -3.93. The molecule has 0 atom stereocenters. The minimum Gasteiger partial charge on any atom is -0.487 e. The van der Waals surface area contributed by atoms with Gasteiger partial charge in [-0.2, -0.15) is 5.10 Å². The molecule has 31 heavy (non-hydrogen) atoms. The Balaban J connectivity index is 1.34. The molecule has 6 nitrogen and oxygen atoms in total. The molecule has 0 spiro atoms. The number of benzene rings is 2. The van der Waals surface area contributed by atoms with Crippen molar-refractivity contribution in [2.24, 2.45) is 0 Å². The van der Waals surface area contributed by atoms with Crippen molar-refractivity contribution in [2.45, 2.75) is 27.0 Å². The molecule has 1 amide bonds. The van der Waals surface area contributed by atoms with Gasteiger partial charge in [-0.05, 0) is 74.0 Å². The first-order valence-electron chi connectivity index (χ1n) is 10.1. The van der Waals surface area contributed by atoms with E-state index in [4.69, 9.17) is 4.74 Å². The molecule has 0 saturated carbocycles. The van der Waals surface area contributed by atoms with Crippen molar-refractivity contribution >= 4 is 5.91 Å². The highest BCUT2D eigenvalue weighted by Crippen LogP contribution is 2.16. The summed E-state index contributed by atoms with van der Waals surface area (Å²) in [5.74, 6) is 0.617. The molecule has 2 aromatic heterocycles.